The second kappa shape index (κ2) is 11.4. The molecule has 2 aliphatic rings. The molecule has 1 aliphatic heterocycles. The first-order chi connectivity index (χ1) is 19.1. The van der Waals surface area contributed by atoms with E-state index in [-0.39, 0.29) is 5.54 Å². The molecule has 1 aliphatic carbocycles. The topological polar surface area (TPSA) is 60.9 Å². The predicted molar refractivity (Wildman–Crippen MR) is 161 cm³/mol. The van der Waals surface area contributed by atoms with Gasteiger partial charge in [0.2, 0.25) is 0 Å². The number of aromatic nitrogens is 5. The molecule has 0 amide bonds. The van der Waals surface area contributed by atoms with Gasteiger partial charge in [0.15, 0.2) is 5.82 Å². The Kier molecular flexibility index (Phi) is 7.72. The van der Waals surface area contributed by atoms with E-state index in [4.69, 9.17) is 16.6 Å². The fraction of sp³-hybridized carbons (Fsp3) is 0.419. The fourth-order valence-corrected chi connectivity index (χ4v) is 6.07. The molecule has 0 bridgehead atoms. The molecule has 6 nitrogen and oxygen atoms in total. The number of hydrogen-bond acceptors (Lipinski definition) is 4. The summed E-state index contributed by atoms with van der Waals surface area (Å²) in [6, 6.07) is 14.6. The highest BCUT2D eigenvalue weighted by molar-refractivity contribution is 9.09. The highest BCUT2D eigenvalue weighted by Gasteiger charge is 2.51. The van der Waals surface area contributed by atoms with Gasteiger partial charge >= 0.3 is 0 Å². The molecule has 1 fully saturated rings. The van der Waals surface area contributed by atoms with Crippen LogP contribution in [-0.4, -0.2) is 35.6 Å². The molecule has 4 aromatic rings. The highest BCUT2D eigenvalue weighted by Crippen LogP contribution is 2.51. The van der Waals surface area contributed by atoms with Gasteiger partial charge in [0, 0.05) is 39.8 Å². The SMILES string of the molecule is Cc1nnc2n1-c1ccc(-c3cnn(CCCCCCCCCBr)c3)cc1C(c1ccc(Cl)cc1)=NC21CC1. The van der Waals surface area contributed by atoms with E-state index >= 15 is 0 Å². The molecule has 202 valence electrons. The molecule has 0 atom stereocenters. The lowest BCUT2D eigenvalue weighted by Crippen LogP contribution is -2.11. The Morgan fingerprint density at radius 2 is 1.59 bits per heavy atom. The van der Waals surface area contributed by atoms with Gasteiger partial charge in [-0.1, -0.05) is 77.8 Å². The molecule has 6 rings (SSSR count). The lowest BCUT2D eigenvalue weighted by molar-refractivity contribution is 0.524. The van der Waals surface area contributed by atoms with Crippen molar-refractivity contribution >= 4 is 33.2 Å². The number of nitrogens with zero attached hydrogens (tertiary/aromatic N) is 6. The average molecular weight is 606 g/mol. The molecule has 0 N–H and O–H groups in total. The van der Waals surface area contributed by atoms with Gasteiger partial charge in [-0.2, -0.15) is 5.10 Å². The zero-order valence-corrected chi connectivity index (χ0v) is 24.8. The van der Waals surface area contributed by atoms with Crippen LogP contribution in [0.3, 0.4) is 0 Å². The minimum Gasteiger partial charge on any atom is -0.280 e. The third-order valence-electron chi connectivity index (χ3n) is 7.89. The maximum atomic E-state index is 6.24. The fourth-order valence-electron chi connectivity index (χ4n) is 5.55. The minimum atomic E-state index is -0.311. The van der Waals surface area contributed by atoms with Crippen LogP contribution in [-0.2, 0) is 12.1 Å². The molecule has 0 unspecified atom stereocenters. The summed E-state index contributed by atoms with van der Waals surface area (Å²) in [4.78, 5) is 5.36. The van der Waals surface area contributed by atoms with Crippen molar-refractivity contribution in [1.82, 2.24) is 24.5 Å². The lowest BCUT2D eigenvalue weighted by atomic mass is 9.96. The third-order valence-corrected chi connectivity index (χ3v) is 8.70. The van der Waals surface area contributed by atoms with Crippen LogP contribution in [0.1, 0.15) is 80.6 Å². The predicted octanol–water partition coefficient (Wildman–Crippen LogP) is 8.06. The lowest BCUT2D eigenvalue weighted by Gasteiger charge is -2.14. The molecule has 2 aromatic carbocycles. The number of hydrogen-bond donors (Lipinski definition) is 0. The summed E-state index contributed by atoms with van der Waals surface area (Å²) in [6.45, 7) is 2.97. The summed E-state index contributed by atoms with van der Waals surface area (Å²) in [6.07, 6.45) is 15.1. The van der Waals surface area contributed by atoms with E-state index in [1.165, 1.54) is 38.5 Å². The first-order valence-electron chi connectivity index (χ1n) is 14.1. The van der Waals surface area contributed by atoms with Crippen molar-refractivity contribution in [3.63, 3.8) is 0 Å². The van der Waals surface area contributed by atoms with Crippen molar-refractivity contribution in [1.29, 1.82) is 0 Å². The van der Waals surface area contributed by atoms with Crippen molar-refractivity contribution in [2.75, 3.05) is 5.33 Å². The van der Waals surface area contributed by atoms with Crippen LogP contribution in [0, 0.1) is 6.92 Å². The monoisotopic (exact) mass is 604 g/mol. The Labute approximate surface area is 243 Å². The van der Waals surface area contributed by atoms with Crippen molar-refractivity contribution in [3.05, 3.63) is 82.7 Å². The molecule has 0 radical (unpaired) electrons. The minimum absolute atomic E-state index is 0.311. The summed E-state index contributed by atoms with van der Waals surface area (Å²) < 4.78 is 4.28. The van der Waals surface area contributed by atoms with Crippen LogP contribution >= 0.6 is 27.5 Å². The van der Waals surface area contributed by atoms with Crippen LogP contribution in [0.15, 0.2) is 59.9 Å². The molecule has 0 saturated heterocycles. The first kappa shape index (κ1) is 26.5. The number of unbranched alkanes of at least 4 members (excludes halogenated alkanes) is 6. The summed E-state index contributed by atoms with van der Waals surface area (Å²) in [5, 5.41) is 15.6. The van der Waals surface area contributed by atoms with Crippen molar-refractivity contribution in [3.8, 4) is 16.8 Å². The van der Waals surface area contributed by atoms with Crippen molar-refractivity contribution in [2.24, 2.45) is 4.99 Å². The number of aryl methyl sites for hydroxylation is 2. The Bertz CT molecular complexity index is 1480. The van der Waals surface area contributed by atoms with Gasteiger partial charge in [0.1, 0.15) is 11.4 Å². The molecule has 8 heteroatoms. The van der Waals surface area contributed by atoms with Gasteiger partial charge in [0.05, 0.1) is 17.6 Å². The summed E-state index contributed by atoms with van der Waals surface area (Å²) >= 11 is 9.76. The van der Waals surface area contributed by atoms with E-state index in [1.807, 2.05) is 25.3 Å². The van der Waals surface area contributed by atoms with E-state index in [1.54, 1.807) is 0 Å². The number of benzene rings is 2. The van der Waals surface area contributed by atoms with Gasteiger partial charge in [-0.05, 0) is 62.4 Å². The maximum absolute atomic E-state index is 6.24. The van der Waals surface area contributed by atoms with Gasteiger partial charge in [0.25, 0.3) is 0 Å². The first-order valence-corrected chi connectivity index (χ1v) is 15.6. The van der Waals surface area contributed by atoms with Gasteiger partial charge in [-0.15, -0.1) is 10.2 Å². The van der Waals surface area contributed by atoms with E-state index in [0.29, 0.717) is 0 Å². The Morgan fingerprint density at radius 1 is 0.872 bits per heavy atom. The second-order valence-corrected chi connectivity index (χ2v) is 12.0. The summed E-state index contributed by atoms with van der Waals surface area (Å²) in [5.74, 6) is 1.82. The smallest absolute Gasteiger partial charge is 0.165 e. The van der Waals surface area contributed by atoms with E-state index < -0.39 is 0 Å². The van der Waals surface area contributed by atoms with E-state index in [0.717, 1.165) is 81.5 Å². The quantitative estimate of drug-likeness (QED) is 0.128. The normalized spacial score (nSPS) is 15.1. The van der Waals surface area contributed by atoms with Crippen molar-refractivity contribution in [2.45, 2.75) is 76.8 Å². The molecule has 39 heavy (non-hydrogen) atoms. The van der Waals surface area contributed by atoms with Gasteiger partial charge < -0.3 is 0 Å². The van der Waals surface area contributed by atoms with Crippen LogP contribution < -0.4 is 0 Å². The zero-order chi connectivity index (χ0) is 26.8. The number of fused-ring (bicyclic) bond motifs is 4. The zero-order valence-electron chi connectivity index (χ0n) is 22.4. The van der Waals surface area contributed by atoms with Crippen LogP contribution in [0.5, 0.6) is 0 Å². The third kappa shape index (κ3) is 5.48. The number of rotatable bonds is 11. The van der Waals surface area contributed by atoms with Gasteiger partial charge in [-0.25, -0.2) is 0 Å². The maximum Gasteiger partial charge on any atom is 0.165 e. The van der Waals surface area contributed by atoms with Gasteiger partial charge in [-0.3, -0.25) is 14.2 Å². The second-order valence-electron chi connectivity index (χ2n) is 10.8. The Hall–Kier alpha value is -2.77. The standard InChI is InChI=1S/C31H34BrClN6/c1-22-36-37-30-31(15-16-31)35-29(23-9-12-26(33)13-10-23)27-19-24(11-14-28(27)39(22)30)25-20-34-38(21-25)18-8-6-4-2-3-5-7-17-32/h9-14,19-21H,2-8,15-18H2,1H3. The number of aliphatic imine (C=N–C) groups is 1. The average Bonchev–Trinajstić information content (AvgIpc) is 3.42. The summed E-state index contributed by atoms with van der Waals surface area (Å²) in [7, 11) is 0. The molecular formula is C31H34BrClN6. The van der Waals surface area contributed by atoms with Crippen LogP contribution in [0.4, 0.5) is 0 Å². The molecule has 1 saturated carbocycles. The van der Waals surface area contributed by atoms with E-state index in [2.05, 4.69) is 77.0 Å². The van der Waals surface area contributed by atoms with Crippen LogP contribution in [0.25, 0.3) is 16.8 Å². The van der Waals surface area contributed by atoms with E-state index in [9.17, 15) is 0 Å². The largest absolute Gasteiger partial charge is 0.280 e. The molecular weight excluding hydrogens is 572 g/mol. The highest BCUT2D eigenvalue weighted by atomic mass is 79.9. The number of halogens is 2. The Morgan fingerprint density at radius 3 is 2.33 bits per heavy atom. The summed E-state index contributed by atoms with van der Waals surface area (Å²) in [5.41, 5.74) is 6.13. The van der Waals surface area contributed by atoms with Crippen LogP contribution in [0.2, 0.25) is 5.02 Å². The Balaban J connectivity index is 1.27. The molecule has 1 spiro atoms. The molecule has 2 aromatic heterocycles. The number of alkyl halides is 1. The molecule has 3 heterocycles. The van der Waals surface area contributed by atoms with Crippen molar-refractivity contribution < 1.29 is 0 Å².